The molecule has 2 aliphatic heterocycles. The van der Waals surface area contributed by atoms with Gasteiger partial charge in [0, 0.05) is 36.6 Å². The Kier molecular flexibility index (Phi) is 8.98. The van der Waals surface area contributed by atoms with E-state index in [0.29, 0.717) is 48.1 Å². The molecule has 0 unspecified atom stereocenters. The predicted molar refractivity (Wildman–Crippen MR) is 139 cm³/mol. The van der Waals surface area contributed by atoms with Crippen molar-refractivity contribution in [2.45, 2.75) is 44.6 Å². The quantitative estimate of drug-likeness (QED) is 0.555. The number of halogens is 1. The van der Waals surface area contributed by atoms with Gasteiger partial charge in [0.25, 0.3) is 5.91 Å². The first-order valence-corrected chi connectivity index (χ1v) is 13.9. The van der Waals surface area contributed by atoms with E-state index in [-0.39, 0.29) is 23.9 Å². The number of likely N-dealkylation sites (N-methyl/N-ethyl adjacent to an activating group) is 1. The molecule has 11 heteroatoms. The number of carbonyl (C=O) groups excluding carboxylic acids is 2. The van der Waals surface area contributed by atoms with Crippen LogP contribution in [0.1, 0.15) is 57.8 Å². The Hall–Kier alpha value is -1.98. The van der Waals surface area contributed by atoms with Gasteiger partial charge in [-0.2, -0.15) is 4.31 Å². The summed E-state index contributed by atoms with van der Waals surface area (Å²) in [6.07, 6.45) is 2.42. The molecule has 1 saturated heterocycles. The average molecular weight is 542 g/mol. The van der Waals surface area contributed by atoms with E-state index in [2.05, 4.69) is 17.1 Å². The lowest BCUT2D eigenvalue weighted by molar-refractivity contribution is 0.0526. The van der Waals surface area contributed by atoms with Crippen LogP contribution in [0, 0.1) is 5.92 Å². The fourth-order valence-corrected chi connectivity index (χ4v) is 7.15. The molecule has 0 aliphatic carbocycles. The van der Waals surface area contributed by atoms with E-state index in [9.17, 15) is 18.0 Å². The van der Waals surface area contributed by atoms with Crippen molar-refractivity contribution in [3.8, 4) is 0 Å². The minimum absolute atomic E-state index is 0. The average Bonchev–Trinajstić information content (AvgIpc) is 3.16. The number of fused-ring (bicyclic) bond motifs is 1. The lowest BCUT2D eigenvalue weighted by Gasteiger charge is -2.29. The second kappa shape index (κ2) is 11.4. The van der Waals surface area contributed by atoms with Crippen molar-refractivity contribution < 1.29 is 22.7 Å². The van der Waals surface area contributed by atoms with Crippen LogP contribution < -0.4 is 5.32 Å². The van der Waals surface area contributed by atoms with Gasteiger partial charge < -0.3 is 15.0 Å². The molecule has 35 heavy (non-hydrogen) atoms. The number of esters is 1. The smallest absolute Gasteiger partial charge is 0.341 e. The molecule has 1 N–H and O–H groups in total. The molecule has 1 amide bonds. The fraction of sp³-hybridized carbons (Fsp3) is 0.500. The summed E-state index contributed by atoms with van der Waals surface area (Å²) in [5.74, 6) is -0.300. The summed E-state index contributed by atoms with van der Waals surface area (Å²) in [4.78, 5) is 29.1. The maximum atomic E-state index is 13.0. The molecular weight excluding hydrogens is 510 g/mol. The Morgan fingerprint density at radius 3 is 2.43 bits per heavy atom. The van der Waals surface area contributed by atoms with Crippen molar-refractivity contribution in [1.82, 2.24) is 9.21 Å². The van der Waals surface area contributed by atoms with Gasteiger partial charge >= 0.3 is 5.97 Å². The van der Waals surface area contributed by atoms with Gasteiger partial charge in [0.2, 0.25) is 10.0 Å². The molecule has 192 valence electrons. The van der Waals surface area contributed by atoms with Gasteiger partial charge in [-0.1, -0.05) is 6.92 Å². The van der Waals surface area contributed by atoms with Crippen molar-refractivity contribution in [2.75, 3.05) is 38.6 Å². The van der Waals surface area contributed by atoms with E-state index in [1.807, 2.05) is 7.05 Å². The van der Waals surface area contributed by atoms with Crippen LogP contribution in [0.3, 0.4) is 0 Å². The number of carbonyl (C=O) groups is 2. The van der Waals surface area contributed by atoms with Crippen LogP contribution in [0.4, 0.5) is 5.00 Å². The largest absolute Gasteiger partial charge is 0.462 e. The van der Waals surface area contributed by atoms with Gasteiger partial charge in [0.1, 0.15) is 5.00 Å². The molecule has 1 aromatic carbocycles. The SMILES string of the molecule is CCOC(=O)c1c(NC(=O)c2ccc(S(=O)(=O)N3CCC(C)CC3)cc2)sc2c1CCN(C)C2.Cl. The highest BCUT2D eigenvalue weighted by atomic mass is 35.5. The third-order valence-corrected chi connectivity index (χ3v) is 9.50. The first-order valence-electron chi connectivity index (χ1n) is 11.6. The van der Waals surface area contributed by atoms with Crippen LogP contribution in [0.5, 0.6) is 0 Å². The lowest BCUT2D eigenvalue weighted by Crippen LogP contribution is -2.37. The molecule has 1 fully saturated rings. The zero-order valence-electron chi connectivity index (χ0n) is 20.2. The molecule has 1 aromatic heterocycles. The number of nitrogens with one attached hydrogen (secondary N) is 1. The van der Waals surface area contributed by atoms with Crippen molar-refractivity contribution >= 4 is 50.6 Å². The number of hydrogen-bond acceptors (Lipinski definition) is 7. The molecule has 8 nitrogen and oxygen atoms in total. The van der Waals surface area contributed by atoms with Crippen LogP contribution in [-0.4, -0.2) is 62.8 Å². The molecule has 2 aliphatic rings. The summed E-state index contributed by atoms with van der Waals surface area (Å²) < 4.78 is 32.7. The third kappa shape index (κ3) is 5.89. The summed E-state index contributed by atoms with van der Waals surface area (Å²) in [6, 6.07) is 5.98. The summed E-state index contributed by atoms with van der Waals surface area (Å²) in [6.45, 7) is 6.71. The number of hydrogen-bond donors (Lipinski definition) is 1. The maximum Gasteiger partial charge on any atom is 0.341 e. The highest BCUT2D eigenvalue weighted by molar-refractivity contribution is 7.89. The minimum Gasteiger partial charge on any atom is -0.462 e. The lowest BCUT2D eigenvalue weighted by atomic mass is 10.0. The Morgan fingerprint density at radius 2 is 1.80 bits per heavy atom. The summed E-state index contributed by atoms with van der Waals surface area (Å²) >= 11 is 1.39. The Morgan fingerprint density at radius 1 is 1.14 bits per heavy atom. The zero-order valence-corrected chi connectivity index (χ0v) is 22.7. The fourth-order valence-electron chi connectivity index (χ4n) is 4.37. The molecule has 0 bridgehead atoms. The minimum atomic E-state index is -3.58. The van der Waals surface area contributed by atoms with Crippen molar-refractivity contribution in [3.63, 3.8) is 0 Å². The van der Waals surface area contributed by atoms with Gasteiger partial charge in [-0.25, -0.2) is 13.2 Å². The zero-order chi connectivity index (χ0) is 24.5. The van der Waals surface area contributed by atoms with E-state index in [4.69, 9.17) is 4.74 Å². The normalized spacial score (nSPS) is 17.3. The van der Waals surface area contributed by atoms with Gasteiger partial charge in [-0.15, -0.1) is 23.7 Å². The van der Waals surface area contributed by atoms with Crippen LogP contribution in [0.25, 0.3) is 0 Å². The highest BCUT2D eigenvalue weighted by Crippen LogP contribution is 2.37. The first kappa shape index (κ1) is 27.6. The maximum absolute atomic E-state index is 13.0. The van der Waals surface area contributed by atoms with Gasteiger partial charge in [0.15, 0.2) is 0 Å². The van der Waals surface area contributed by atoms with E-state index in [0.717, 1.165) is 29.8 Å². The second-order valence-corrected chi connectivity index (χ2v) is 12.0. The standard InChI is InChI=1S/C24H31N3O5S2.ClH/c1-4-32-24(29)21-19-11-12-26(3)15-20(19)33-23(21)25-22(28)17-5-7-18(8-6-17)34(30,31)27-13-9-16(2)10-14-27;/h5-8,16H,4,9-15H2,1-3H3,(H,25,28);1H. The number of piperidine rings is 1. The topological polar surface area (TPSA) is 96.0 Å². The number of nitrogens with zero attached hydrogens (tertiary/aromatic N) is 2. The second-order valence-electron chi connectivity index (χ2n) is 8.98. The predicted octanol–water partition coefficient (Wildman–Crippen LogP) is 4.01. The Labute approximate surface area is 217 Å². The molecule has 0 saturated carbocycles. The van der Waals surface area contributed by atoms with Crippen molar-refractivity contribution in [2.24, 2.45) is 5.92 Å². The van der Waals surface area contributed by atoms with Crippen molar-refractivity contribution in [1.29, 1.82) is 0 Å². The molecule has 4 rings (SSSR count). The van der Waals surface area contributed by atoms with Crippen LogP contribution in [0.15, 0.2) is 29.2 Å². The van der Waals surface area contributed by atoms with E-state index in [1.54, 1.807) is 6.92 Å². The van der Waals surface area contributed by atoms with E-state index in [1.165, 1.54) is 39.9 Å². The van der Waals surface area contributed by atoms with E-state index >= 15 is 0 Å². The van der Waals surface area contributed by atoms with Gasteiger partial charge in [-0.3, -0.25) is 4.79 Å². The van der Waals surface area contributed by atoms with Crippen LogP contribution >= 0.6 is 23.7 Å². The number of rotatable bonds is 6. The Bertz CT molecular complexity index is 1170. The van der Waals surface area contributed by atoms with Crippen LogP contribution in [-0.2, 0) is 27.7 Å². The number of anilines is 1. The number of amides is 1. The molecule has 0 radical (unpaired) electrons. The van der Waals surface area contributed by atoms with Crippen molar-refractivity contribution in [3.05, 3.63) is 45.8 Å². The first-order chi connectivity index (χ1) is 16.2. The molecule has 2 aromatic rings. The number of benzene rings is 1. The summed E-state index contributed by atoms with van der Waals surface area (Å²) in [5, 5.41) is 3.34. The summed E-state index contributed by atoms with van der Waals surface area (Å²) in [5.41, 5.74) is 1.69. The van der Waals surface area contributed by atoms with Gasteiger partial charge in [0.05, 0.1) is 17.1 Å². The van der Waals surface area contributed by atoms with Gasteiger partial charge in [-0.05, 0) is 69.0 Å². The molecule has 3 heterocycles. The third-order valence-electron chi connectivity index (χ3n) is 6.45. The number of thiophene rings is 1. The number of ether oxygens (including phenoxy) is 1. The van der Waals surface area contributed by atoms with Crippen LogP contribution in [0.2, 0.25) is 0 Å². The molecular formula is C24H32ClN3O5S2. The monoisotopic (exact) mass is 541 g/mol. The molecule has 0 spiro atoms. The Balaban J connectivity index is 0.00000342. The highest BCUT2D eigenvalue weighted by Gasteiger charge is 2.30. The molecule has 0 atom stereocenters. The summed E-state index contributed by atoms with van der Waals surface area (Å²) in [7, 11) is -1.56. The van der Waals surface area contributed by atoms with E-state index < -0.39 is 21.9 Å². The number of sulfonamides is 1.